The lowest BCUT2D eigenvalue weighted by atomic mass is 9.93. The summed E-state index contributed by atoms with van der Waals surface area (Å²) >= 11 is 1.69. The zero-order valence-corrected chi connectivity index (χ0v) is 13.5. The van der Waals surface area contributed by atoms with Gasteiger partial charge in [0.2, 0.25) is 0 Å². The minimum absolute atomic E-state index is 0.0955. The molecule has 2 aromatic rings. The van der Waals surface area contributed by atoms with Crippen LogP contribution in [0.5, 0.6) is 0 Å². The van der Waals surface area contributed by atoms with Crippen LogP contribution in [-0.4, -0.2) is 18.1 Å². The maximum atomic E-state index is 14.1. The summed E-state index contributed by atoms with van der Waals surface area (Å²) in [4.78, 5) is 5.60. The third-order valence-corrected chi connectivity index (χ3v) is 4.72. The molecule has 0 aliphatic carbocycles. The number of rotatable bonds is 8. The molecule has 1 heterocycles. The lowest BCUT2D eigenvalue weighted by Crippen LogP contribution is -2.23. The molecule has 2 rings (SSSR count). The van der Waals surface area contributed by atoms with Crippen LogP contribution in [0.2, 0.25) is 0 Å². The molecule has 0 aliphatic heterocycles. The van der Waals surface area contributed by atoms with Crippen LogP contribution in [0, 0.1) is 12.7 Å². The fourth-order valence-electron chi connectivity index (χ4n) is 2.50. The normalized spacial score (nSPS) is 12.5. The molecule has 21 heavy (non-hydrogen) atoms. The fourth-order valence-corrected chi connectivity index (χ4v) is 3.30. The smallest absolute Gasteiger partial charge is 0.126 e. The summed E-state index contributed by atoms with van der Waals surface area (Å²) in [6, 6.07) is 7.14. The second-order valence-electron chi connectivity index (χ2n) is 5.32. The Bertz CT molecular complexity index is 553. The molecule has 0 aliphatic rings. The van der Waals surface area contributed by atoms with Crippen LogP contribution < -0.4 is 5.32 Å². The number of halogens is 1. The first kappa shape index (κ1) is 16.1. The number of aryl methyl sites for hydroxylation is 2. The van der Waals surface area contributed by atoms with Gasteiger partial charge in [-0.1, -0.05) is 25.1 Å². The number of benzene rings is 1. The van der Waals surface area contributed by atoms with Crippen molar-refractivity contribution in [2.75, 3.05) is 13.1 Å². The van der Waals surface area contributed by atoms with Crippen molar-refractivity contribution in [3.63, 3.8) is 0 Å². The SMILES string of the molecule is CCCNCC(CCc1scnc1C)c1ccccc1F. The van der Waals surface area contributed by atoms with Gasteiger partial charge in [0.1, 0.15) is 5.82 Å². The van der Waals surface area contributed by atoms with Gasteiger partial charge in [-0.15, -0.1) is 11.3 Å². The van der Waals surface area contributed by atoms with Gasteiger partial charge in [0.15, 0.2) is 0 Å². The van der Waals surface area contributed by atoms with E-state index in [9.17, 15) is 4.39 Å². The lowest BCUT2D eigenvalue weighted by Gasteiger charge is -2.18. The van der Waals surface area contributed by atoms with Gasteiger partial charge >= 0.3 is 0 Å². The van der Waals surface area contributed by atoms with Gasteiger partial charge in [0.25, 0.3) is 0 Å². The molecule has 0 amide bonds. The van der Waals surface area contributed by atoms with Crippen LogP contribution in [0.4, 0.5) is 4.39 Å². The van der Waals surface area contributed by atoms with Crippen LogP contribution in [0.3, 0.4) is 0 Å². The highest BCUT2D eigenvalue weighted by molar-refractivity contribution is 7.09. The van der Waals surface area contributed by atoms with Gasteiger partial charge in [-0.05, 0) is 50.3 Å². The van der Waals surface area contributed by atoms with Crippen molar-refractivity contribution in [2.24, 2.45) is 0 Å². The van der Waals surface area contributed by atoms with Crippen molar-refractivity contribution >= 4 is 11.3 Å². The molecule has 0 bridgehead atoms. The summed E-state index contributed by atoms with van der Waals surface area (Å²) in [5.41, 5.74) is 3.81. The monoisotopic (exact) mass is 306 g/mol. The van der Waals surface area contributed by atoms with Gasteiger partial charge in [-0.3, -0.25) is 0 Å². The molecule has 1 atom stereocenters. The molecule has 0 spiro atoms. The van der Waals surface area contributed by atoms with E-state index < -0.39 is 0 Å². The van der Waals surface area contributed by atoms with Crippen molar-refractivity contribution in [1.29, 1.82) is 0 Å². The standard InChI is InChI=1S/C17H23FN2S/c1-3-10-19-11-14(15-6-4-5-7-16(15)18)8-9-17-13(2)20-12-21-17/h4-7,12,14,19H,3,8-11H2,1-2H3. The topological polar surface area (TPSA) is 24.9 Å². The highest BCUT2D eigenvalue weighted by Gasteiger charge is 2.16. The van der Waals surface area contributed by atoms with Crippen molar-refractivity contribution in [3.05, 3.63) is 51.7 Å². The predicted octanol–water partition coefficient (Wildman–Crippen LogP) is 4.31. The van der Waals surface area contributed by atoms with Crippen molar-refractivity contribution in [2.45, 2.75) is 39.0 Å². The Morgan fingerprint density at radius 1 is 1.33 bits per heavy atom. The number of aromatic nitrogens is 1. The van der Waals surface area contributed by atoms with Crippen LogP contribution in [0.25, 0.3) is 0 Å². The van der Waals surface area contributed by atoms with Gasteiger partial charge in [0, 0.05) is 11.4 Å². The minimum atomic E-state index is -0.0955. The summed E-state index contributed by atoms with van der Waals surface area (Å²) in [5, 5.41) is 3.43. The Hall–Kier alpha value is -1.26. The van der Waals surface area contributed by atoms with E-state index in [2.05, 4.69) is 17.2 Å². The van der Waals surface area contributed by atoms with E-state index in [1.165, 1.54) is 4.88 Å². The quantitative estimate of drug-likeness (QED) is 0.735. The molecule has 0 radical (unpaired) electrons. The molecule has 0 fully saturated rings. The Morgan fingerprint density at radius 3 is 2.81 bits per heavy atom. The molecular weight excluding hydrogens is 283 g/mol. The lowest BCUT2D eigenvalue weighted by molar-refractivity contribution is 0.517. The van der Waals surface area contributed by atoms with E-state index in [1.54, 1.807) is 23.5 Å². The molecule has 1 aromatic heterocycles. The van der Waals surface area contributed by atoms with E-state index >= 15 is 0 Å². The summed E-state index contributed by atoms with van der Waals surface area (Å²) in [6.45, 7) is 5.99. The molecule has 1 aromatic carbocycles. The molecule has 4 heteroatoms. The van der Waals surface area contributed by atoms with Crippen LogP contribution >= 0.6 is 11.3 Å². The number of hydrogen-bond donors (Lipinski definition) is 1. The highest BCUT2D eigenvalue weighted by Crippen LogP contribution is 2.25. The van der Waals surface area contributed by atoms with E-state index in [0.717, 1.165) is 43.6 Å². The number of nitrogens with zero attached hydrogens (tertiary/aromatic N) is 1. The first-order valence-electron chi connectivity index (χ1n) is 7.56. The first-order chi connectivity index (χ1) is 10.2. The number of hydrogen-bond acceptors (Lipinski definition) is 3. The second-order valence-corrected chi connectivity index (χ2v) is 6.26. The maximum absolute atomic E-state index is 14.1. The van der Waals surface area contributed by atoms with Crippen molar-refractivity contribution < 1.29 is 4.39 Å². The zero-order valence-electron chi connectivity index (χ0n) is 12.7. The molecule has 1 N–H and O–H groups in total. The number of nitrogens with one attached hydrogen (secondary N) is 1. The van der Waals surface area contributed by atoms with E-state index in [4.69, 9.17) is 0 Å². The Morgan fingerprint density at radius 2 is 2.14 bits per heavy atom. The van der Waals surface area contributed by atoms with E-state index in [-0.39, 0.29) is 11.7 Å². The van der Waals surface area contributed by atoms with Crippen molar-refractivity contribution in [3.8, 4) is 0 Å². The number of thiazole rings is 1. The molecule has 0 saturated heterocycles. The Kier molecular flexibility index (Phi) is 6.33. The van der Waals surface area contributed by atoms with Gasteiger partial charge < -0.3 is 5.32 Å². The minimum Gasteiger partial charge on any atom is -0.316 e. The summed E-state index contributed by atoms with van der Waals surface area (Å²) < 4.78 is 14.1. The highest BCUT2D eigenvalue weighted by atomic mass is 32.1. The molecule has 0 saturated carbocycles. The van der Waals surface area contributed by atoms with Crippen LogP contribution in [-0.2, 0) is 6.42 Å². The Labute approximate surface area is 130 Å². The predicted molar refractivity (Wildman–Crippen MR) is 87.5 cm³/mol. The average molecular weight is 306 g/mol. The van der Waals surface area contributed by atoms with Crippen molar-refractivity contribution in [1.82, 2.24) is 10.3 Å². The Balaban J connectivity index is 2.05. The fraction of sp³-hybridized carbons (Fsp3) is 0.471. The van der Waals surface area contributed by atoms with Gasteiger partial charge in [0.05, 0.1) is 11.2 Å². The molecule has 2 nitrogen and oxygen atoms in total. The maximum Gasteiger partial charge on any atom is 0.126 e. The van der Waals surface area contributed by atoms with Crippen LogP contribution in [0.1, 0.15) is 41.8 Å². The molecule has 1 unspecified atom stereocenters. The zero-order chi connectivity index (χ0) is 15.1. The molecule has 114 valence electrons. The average Bonchev–Trinajstić information content (AvgIpc) is 2.89. The summed E-state index contributed by atoms with van der Waals surface area (Å²) in [7, 11) is 0. The second kappa shape index (κ2) is 8.25. The first-order valence-corrected chi connectivity index (χ1v) is 8.44. The van der Waals surface area contributed by atoms with Gasteiger partial charge in [-0.25, -0.2) is 9.37 Å². The van der Waals surface area contributed by atoms with E-state index in [1.807, 2.05) is 24.6 Å². The van der Waals surface area contributed by atoms with E-state index in [0.29, 0.717) is 0 Å². The van der Waals surface area contributed by atoms with Crippen LogP contribution in [0.15, 0.2) is 29.8 Å². The van der Waals surface area contributed by atoms with Gasteiger partial charge in [-0.2, -0.15) is 0 Å². The third kappa shape index (κ3) is 4.61. The third-order valence-electron chi connectivity index (χ3n) is 3.73. The summed E-state index contributed by atoms with van der Waals surface area (Å²) in [5.74, 6) is 0.112. The summed E-state index contributed by atoms with van der Waals surface area (Å²) in [6.07, 6.45) is 3.00. The molecular formula is C17H23FN2S. The largest absolute Gasteiger partial charge is 0.316 e.